The van der Waals surface area contributed by atoms with Gasteiger partial charge in [-0.1, -0.05) is 11.6 Å². The number of carbonyl (C=O) groups excluding carboxylic acids is 1. The fourth-order valence-electron chi connectivity index (χ4n) is 2.32. The Kier molecular flexibility index (Phi) is 5.88. The third-order valence-electron chi connectivity index (χ3n) is 3.50. The molecule has 7 heteroatoms. The largest absolute Gasteiger partial charge is 0.491 e. The van der Waals surface area contributed by atoms with Gasteiger partial charge in [-0.25, -0.2) is 9.97 Å². The number of carbonyl (C=O) groups is 1. The molecule has 2 N–H and O–H groups in total. The quantitative estimate of drug-likeness (QED) is 0.633. The van der Waals surface area contributed by atoms with Crippen LogP contribution in [0.25, 0.3) is 0 Å². The maximum absolute atomic E-state index is 12.4. The van der Waals surface area contributed by atoms with Crippen LogP contribution in [-0.2, 0) is 0 Å². The van der Waals surface area contributed by atoms with Crippen molar-refractivity contribution < 1.29 is 9.53 Å². The predicted molar refractivity (Wildman–Crippen MR) is 107 cm³/mol. The molecule has 0 fully saturated rings. The number of anilines is 3. The molecule has 6 nitrogen and oxygen atoms in total. The maximum Gasteiger partial charge on any atom is 0.274 e. The van der Waals surface area contributed by atoms with Gasteiger partial charge in [0.1, 0.15) is 23.6 Å². The molecule has 27 heavy (non-hydrogen) atoms. The zero-order valence-corrected chi connectivity index (χ0v) is 15.7. The molecule has 0 saturated carbocycles. The summed E-state index contributed by atoms with van der Waals surface area (Å²) in [5.41, 5.74) is 1.72. The number of hydrogen-bond donors (Lipinski definition) is 2. The van der Waals surface area contributed by atoms with Crippen LogP contribution in [0.3, 0.4) is 0 Å². The van der Waals surface area contributed by atoms with Crippen molar-refractivity contribution in [3.63, 3.8) is 0 Å². The molecule has 3 rings (SSSR count). The van der Waals surface area contributed by atoms with Gasteiger partial charge in [0, 0.05) is 22.5 Å². The number of amides is 1. The second-order valence-electron chi connectivity index (χ2n) is 6.07. The van der Waals surface area contributed by atoms with Crippen molar-refractivity contribution in [2.24, 2.45) is 0 Å². The normalized spacial score (nSPS) is 10.5. The van der Waals surface area contributed by atoms with Crippen LogP contribution in [0.4, 0.5) is 17.2 Å². The number of nitrogens with zero attached hydrogens (tertiary/aromatic N) is 2. The lowest BCUT2D eigenvalue weighted by molar-refractivity contribution is 0.102. The van der Waals surface area contributed by atoms with Crippen molar-refractivity contribution in [1.82, 2.24) is 9.97 Å². The highest BCUT2D eigenvalue weighted by molar-refractivity contribution is 6.30. The van der Waals surface area contributed by atoms with E-state index in [-0.39, 0.29) is 17.7 Å². The van der Waals surface area contributed by atoms with Gasteiger partial charge in [0.15, 0.2) is 0 Å². The third kappa shape index (κ3) is 5.43. The van der Waals surface area contributed by atoms with Gasteiger partial charge in [-0.15, -0.1) is 0 Å². The first kappa shape index (κ1) is 18.7. The highest BCUT2D eigenvalue weighted by Gasteiger charge is 2.10. The van der Waals surface area contributed by atoms with Gasteiger partial charge < -0.3 is 15.4 Å². The molecule has 0 aliphatic heterocycles. The van der Waals surface area contributed by atoms with Gasteiger partial charge in [-0.3, -0.25) is 4.79 Å². The molecule has 0 spiro atoms. The molecule has 2 aromatic carbocycles. The number of rotatable bonds is 6. The van der Waals surface area contributed by atoms with E-state index >= 15 is 0 Å². The van der Waals surface area contributed by atoms with Crippen LogP contribution >= 0.6 is 11.6 Å². The Bertz CT molecular complexity index is 912. The van der Waals surface area contributed by atoms with E-state index in [1.54, 1.807) is 30.3 Å². The molecule has 3 aromatic rings. The average Bonchev–Trinajstić information content (AvgIpc) is 2.65. The summed E-state index contributed by atoms with van der Waals surface area (Å²) in [6.07, 6.45) is 1.44. The molecule has 0 atom stereocenters. The van der Waals surface area contributed by atoms with E-state index in [0.29, 0.717) is 16.5 Å². The van der Waals surface area contributed by atoms with Crippen molar-refractivity contribution in [3.8, 4) is 5.75 Å². The standard InChI is InChI=1S/C20H19ClN4O2/c1-13(2)27-17-9-7-16(8-10-17)25-20(26)18-11-19(23-12-22-18)24-15-5-3-14(21)4-6-15/h3-13H,1-2H3,(H,25,26)(H,22,23,24). The number of hydrogen-bond acceptors (Lipinski definition) is 5. The molecule has 1 heterocycles. The molecule has 0 unspecified atom stereocenters. The zero-order valence-electron chi connectivity index (χ0n) is 14.9. The Morgan fingerprint density at radius 1 is 1.00 bits per heavy atom. The number of ether oxygens (including phenoxy) is 1. The van der Waals surface area contributed by atoms with E-state index in [1.807, 2.05) is 38.1 Å². The molecule has 1 aromatic heterocycles. The summed E-state index contributed by atoms with van der Waals surface area (Å²) in [4.78, 5) is 20.6. The van der Waals surface area contributed by atoms with E-state index in [4.69, 9.17) is 16.3 Å². The third-order valence-corrected chi connectivity index (χ3v) is 3.75. The Morgan fingerprint density at radius 3 is 2.33 bits per heavy atom. The molecule has 0 aliphatic rings. The van der Waals surface area contributed by atoms with E-state index in [2.05, 4.69) is 20.6 Å². The van der Waals surface area contributed by atoms with E-state index < -0.39 is 0 Å². The van der Waals surface area contributed by atoms with Gasteiger partial charge in [-0.2, -0.15) is 0 Å². The Labute approximate surface area is 162 Å². The van der Waals surface area contributed by atoms with Gasteiger partial charge >= 0.3 is 0 Å². The number of aromatic nitrogens is 2. The molecule has 0 aliphatic carbocycles. The highest BCUT2D eigenvalue weighted by Crippen LogP contribution is 2.19. The van der Waals surface area contributed by atoms with E-state index in [9.17, 15) is 4.79 Å². The molecule has 0 radical (unpaired) electrons. The fraction of sp³-hybridized carbons (Fsp3) is 0.150. The summed E-state index contributed by atoms with van der Waals surface area (Å²) in [7, 11) is 0. The number of halogens is 1. The smallest absolute Gasteiger partial charge is 0.274 e. The number of benzene rings is 2. The number of nitrogens with one attached hydrogen (secondary N) is 2. The fourth-order valence-corrected chi connectivity index (χ4v) is 2.44. The van der Waals surface area contributed by atoms with Gasteiger partial charge in [0.05, 0.1) is 6.10 Å². The van der Waals surface area contributed by atoms with E-state index in [0.717, 1.165) is 11.4 Å². The lowest BCUT2D eigenvalue weighted by Gasteiger charge is -2.11. The lowest BCUT2D eigenvalue weighted by atomic mass is 10.2. The minimum atomic E-state index is -0.325. The summed E-state index contributed by atoms with van der Waals surface area (Å²) in [5, 5.41) is 6.56. The van der Waals surface area contributed by atoms with Crippen LogP contribution in [0.15, 0.2) is 60.9 Å². The van der Waals surface area contributed by atoms with Crippen LogP contribution in [-0.4, -0.2) is 22.0 Å². The Hall–Kier alpha value is -3.12. The van der Waals surface area contributed by atoms with Crippen molar-refractivity contribution in [1.29, 1.82) is 0 Å². The average molecular weight is 383 g/mol. The van der Waals surface area contributed by atoms with Crippen molar-refractivity contribution in [2.75, 3.05) is 10.6 Å². The first-order valence-corrected chi connectivity index (χ1v) is 8.80. The maximum atomic E-state index is 12.4. The summed E-state index contributed by atoms with van der Waals surface area (Å²) >= 11 is 5.88. The van der Waals surface area contributed by atoms with Gasteiger partial charge in [0.25, 0.3) is 5.91 Å². The minimum absolute atomic E-state index is 0.0954. The second kappa shape index (κ2) is 8.51. The molecule has 138 valence electrons. The summed E-state index contributed by atoms with van der Waals surface area (Å²) in [6.45, 7) is 3.92. The minimum Gasteiger partial charge on any atom is -0.491 e. The highest BCUT2D eigenvalue weighted by atomic mass is 35.5. The monoisotopic (exact) mass is 382 g/mol. The molecule has 1 amide bonds. The summed E-state index contributed by atoms with van der Waals surface area (Å²) in [5.74, 6) is 0.937. The van der Waals surface area contributed by atoms with Crippen molar-refractivity contribution >= 4 is 34.7 Å². The Balaban J connectivity index is 1.67. The topological polar surface area (TPSA) is 76.1 Å². The predicted octanol–water partition coefficient (Wildman–Crippen LogP) is 4.91. The van der Waals surface area contributed by atoms with Crippen LogP contribution in [0.2, 0.25) is 5.02 Å². The van der Waals surface area contributed by atoms with Gasteiger partial charge in [-0.05, 0) is 62.4 Å². The first-order chi connectivity index (χ1) is 13.0. The molecular weight excluding hydrogens is 364 g/mol. The van der Waals surface area contributed by atoms with Crippen molar-refractivity contribution in [3.05, 3.63) is 71.6 Å². The van der Waals surface area contributed by atoms with Crippen LogP contribution < -0.4 is 15.4 Å². The second-order valence-corrected chi connectivity index (χ2v) is 6.50. The zero-order chi connectivity index (χ0) is 19.2. The van der Waals surface area contributed by atoms with Crippen LogP contribution in [0, 0.1) is 0 Å². The van der Waals surface area contributed by atoms with Crippen LogP contribution in [0.1, 0.15) is 24.3 Å². The summed E-state index contributed by atoms with van der Waals surface area (Å²) < 4.78 is 5.59. The SMILES string of the molecule is CC(C)Oc1ccc(NC(=O)c2cc(Nc3ccc(Cl)cc3)ncn2)cc1. The van der Waals surface area contributed by atoms with Gasteiger partial charge in [0.2, 0.25) is 0 Å². The van der Waals surface area contributed by atoms with Crippen LogP contribution in [0.5, 0.6) is 5.75 Å². The lowest BCUT2D eigenvalue weighted by Crippen LogP contribution is -2.14. The van der Waals surface area contributed by atoms with E-state index in [1.165, 1.54) is 6.33 Å². The molecular formula is C20H19ClN4O2. The molecule has 0 bridgehead atoms. The molecule has 0 saturated heterocycles. The Morgan fingerprint density at radius 2 is 1.67 bits per heavy atom. The summed E-state index contributed by atoms with van der Waals surface area (Å²) in [6, 6.07) is 16.0. The van der Waals surface area contributed by atoms with Crippen molar-refractivity contribution in [2.45, 2.75) is 20.0 Å². The first-order valence-electron chi connectivity index (χ1n) is 8.42.